The van der Waals surface area contributed by atoms with Crippen molar-refractivity contribution >= 4 is 0 Å². The quantitative estimate of drug-likeness (QED) is 0.733. The minimum absolute atomic E-state index is 0.0754. The molecule has 106 valence electrons. The van der Waals surface area contributed by atoms with Crippen LogP contribution < -0.4 is 5.73 Å². The van der Waals surface area contributed by atoms with E-state index in [1.54, 1.807) is 12.1 Å². The lowest BCUT2D eigenvalue weighted by Gasteiger charge is -2.37. The van der Waals surface area contributed by atoms with Crippen LogP contribution in [0.3, 0.4) is 0 Å². The molecule has 19 heavy (non-hydrogen) atoms. The second-order valence-corrected chi connectivity index (χ2v) is 5.65. The Balaban J connectivity index is 2.10. The summed E-state index contributed by atoms with van der Waals surface area (Å²) in [7, 11) is 2.08. The third kappa shape index (κ3) is 3.19. The zero-order valence-corrected chi connectivity index (χ0v) is 11.7. The minimum Gasteiger partial charge on any atom is -0.508 e. The summed E-state index contributed by atoms with van der Waals surface area (Å²) in [5, 5.41) is 19.5. The Kier molecular flexibility index (Phi) is 4.32. The van der Waals surface area contributed by atoms with Gasteiger partial charge in [-0.3, -0.25) is 4.90 Å². The summed E-state index contributed by atoms with van der Waals surface area (Å²) in [5.74, 6) is 0.434. The predicted octanol–water partition coefficient (Wildman–Crippen LogP) is 2.36. The molecule has 1 unspecified atom stereocenters. The summed E-state index contributed by atoms with van der Waals surface area (Å²) < 4.78 is 0. The van der Waals surface area contributed by atoms with Gasteiger partial charge in [-0.15, -0.1) is 0 Å². The van der Waals surface area contributed by atoms with Crippen LogP contribution in [-0.2, 0) is 0 Å². The van der Waals surface area contributed by atoms with Crippen LogP contribution in [0, 0.1) is 0 Å². The van der Waals surface area contributed by atoms with Gasteiger partial charge in [0.1, 0.15) is 11.5 Å². The lowest BCUT2D eigenvalue weighted by molar-refractivity contribution is 0.139. The van der Waals surface area contributed by atoms with Gasteiger partial charge in [0.25, 0.3) is 0 Å². The predicted molar refractivity (Wildman–Crippen MR) is 76.2 cm³/mol. The van der Waals surface area contributed by atoms with Crippen LogP contribution in [0.25, 0.3) is 0 Å². The van der Waals surface area contributed by atoms with Gasteiger partial charge in [0.05, 0.1) is 0 Å². The van der Waals surface area contributed by atoms with Crippen LogP contribution in [0.15, 0.2) is 18.2 Å². The minimum atomic E-state index is 0.0754. The van der Waals surface area contributed by atoms with Gasteiger partial charge < -0.3 is 15.9 Å². The summed E-state index contributed by atoms with van der Waals surface area (Å²) in [5.41, 5.74) is 6.71. The largest absolute Gasteiger partial charge is 0.508 e. The Morgan fingerprint density at radius 2 is 1.84 bits per heavy atom. The average Bonchev–Trinajstić information content (AvgIpc) is 2.41. The highest BCUT2D eigenvalue weighted by atomic mass is 16.3. The van der Waals surface area contributed by atoms with Crippen molar-refractivity contribution in [2.45, 2.75) is 50.7 Å². The number of phenolic OH excluding ortho intramolecular Hbond substituents is 2. The molecule has 1 aromatic rings. The van der Waals surface area contributed by atoms with Crippen molar-refractivity contribution in [1.82, 2.24) is 4.90 Å². The SMILES string of the molecule is CC(c1cc(O)ccc1O)N(C)C1CCC(N)CC1. The van der Waals surface area contributed by atoms with Crippen LogP contribution in [-0.4, -0.2) is 34.2 Å². The topological polar surface area (TPSA) is 69.7 Å². The zero-order valence-electron chi connectivity index (χ0n) is 11.7. The first-order chi connectivity index (χ1) is 8.99. The van der Waals surface area contributed by atoms with E-state index in [-0.39, 0.29) is 17.5 Å². The van der Waals surface area contributed by atoms with E-state index in [2.05, 4.69) is 18.9 Å². The van der Waals surface area contributed by atoms with Gasteiger partial charge in [-0.1, -0.05) is 0 Å². The number of hydrogen-bond acceptors (Lipinski definition) is 4. The van der Waals surface area contributed by atoms with E-state index in [4.69, 9.17) is 5.73 Å². The molecule has 0 bridgehead atoms. The van der Waals surface area contributed by atoms with Crippen LogP contribution in [0.1, 0.15) is 44.2 Å². The Bertz CT molecular complexity index is 428. The molecule has 1 aromatic carbocycles. The smallest absolute Gasteiger partial charge is 0.120 e. The maximum absolute atomic E-state index is 9.94. The van der Waals surface area contributed by atoms with E-state index in [9.17, 15) is 10.2 Å². The van der Waals surface area contributed by atoms with Gasteiger partial charge in [-0.25, -0.2) is 0 Å². The summed E-state index contributed by atoms with van der Waals surface area (Å²) >= 11 is 0. The van der Waals surface area contributed by atoms with Crippen molar-refractivity contribution in [1.29, 1.82) is 0 Å². The van der Waals surface area contributed by atoms with Crippen LogP contribution >= 0.6 is 0 Å². The molecule has 1 saturated carbocycles. The Hall–Kier alpha value is -1.26. The van der Waals surface area contributed by atoms with Gasteiger partial charge in [-0.05, 0) is 57.9 Å². The van der Waals surface area contributed by atoms with Gasteiger partial charge in [0.2, 0.25) is 0 Å². The Labute approximate surface area is 114 Å². The third-order valence-electron chi connectivity index (χ3n) is 4.39. The number of nitrogens with two attached hydrogens (primary N) is 1. The molecule has 1 aliphatic carbocycles. The number of nitrogens with zero attached hydrogens (tertiary/aromatic N) is 1. The van der Waals surface area contributed by atoms with E-state index in [1.807, 2.05) is 0 Å². The summed E-state index contributed by atoms with van der Waals surface area (Å²) in [6.45, 7) is 2.06. The first-order valence-electron chi connectivity index (χ1n) is 6.98. The standard InChI is InChI=1S/C15H24N2O2/c1-10(14-9-13(18)7-8-15(14)19)17(2)12-5-3-11(16)4-6-12/h7-12,18-19H,3-6,16H2,1-2H3. The van der Waals surface area contributed by atoms with Crippen molar-refractivity contribution < 1.29 is 10.2 Å². The Morgan fingerprint density at radius 3 is 2.47 bits per heavy atom. The maximum Gasteiger partial charge on any atom is 0.120 e. The third-order valence-corrected chi connectivity index (χ3v) is 4.39. The first-order valence-corrected chi connectivity index (χ1v) is 6.98. The molecule has 4 heteroatoms. The number of rotatable bonds is 3. The van der Waals surface area contributed by atoms with E-state index < -0.39 is 0 Å². The van der Waals surface area contributed by atoms with Gasteiger partial charge in [0.15, 0.2) is 0 Å². The fourth-order valence-electron chi connectivity index (χ4n) is 2.92. The van der Waals surface area contributed by atoms with Crippen molar-refractivity contribution in [2.24, 2.45) is 5.73 Å². The van der Waals surface area contributed by atoms with Gasteiger partial charge >= 0.3 is 0 Å². The molecule has 0 heterocycles. The molecule has 4 nitrogen and oxygen atoms in total. The second kappa shape index (κ2) is 5.80. The number of phenols is 2. The molecule has 0 amide bonds. The van der Waals surface area contributed by atoms with Gasteiger partial charge in [0, 0.05) is 23.7 Å². The molecular weight excluding hydrogens is 240 g/mol. The lowest BCUT2D eigenvalue weighted by Crippen LogP contribution is -2.39. The molecule has 4 N–H and O–H groups in total. The van der Waals surface area contributed by atoms with E-state index >= 15 is 0 Å². The molecule has 0 aromatic heterocycles. The van der Waals surface area contributed by atoms with Crippen molar-refractivity contribution in [3.63, 3.8) is 0 Å². The summed E-state index contributed by atoms with van der Waals surface area (Å²) in [6.07, 6.45) is 4.32. The maximum atomic E-state index is 9.94. The second-order valence-electron chi connectivity index (χ2n) is 5.65. The monoisotopic (exact) mass is 264 g/mol. The average molecular weight is 264 g/mol. The highest BCUT2D eigenvalue weighted by molar-refractivity contribution is 5.40. The number of hydrogen-bond donors (Lipinski definition) is 3. The highest BCUT2D eigenvalue weighted by Gasteiger charge is 2.26. The van der Waals surface area contributed by atoms with E-state index in [1.165, 1.54) is 6.07 Å². The van der Waals surface area contributed by atoms with Crippen molar-refractivity contribution in [2.75, 3.05) is 7.05 Å². The fraction of sp³-hybridized carbons (Fsp3) is 0.600. The summed E-state index contributed by atoms with van der Waals surface area (Å²) in [6, 6.07) is 5.61. The van der Waals surface area contributed by atoms with Crippen molar-refractivity contribution in [3.8, 4) is 11.5 Å². The molecule has 0 radical (unpaired) electrons. The fourth-order valence-corrected chi connectivity index (χ4v) is 2.92. The number of benzene rings is 1. The van der Waals surface area contributed by atoms with Gasteiger partial charge in [-0.2, -0.15) is 0 Å². The zero-order chi connectivity index (χ0) is 14.0. The molecule has 1 atom stereocenters. The van der Waals surface area contributed by atoms with Crippen LogP contribution in [0.4, 0.5) is 0 Å². The van der Waals surface area contributed by atoms with E-state index in [0.29, 0.717) is 12.1 Å². The molecule has 2 rings (SSSR count). The molecule has 1 fully saturated rings. The van der Waals surface area contributed by atoms with E-state index in [0.717, 1.165) is 31.2 Å². The summed E-state index contributed by atoms with van der Waals surface area (Å²) in [4.78, 5) is 2.28. The highest BCUT2D eigenvalue weighted by Crippen LogP contribution is 2.34. The van der Waals surface area contributed by atoms with Crippen LogP contribution in [0.2, 0.25) is 0 Å². The molecule has 0 spiro atoms. The molecule has 1 aliphatic rings. The number of aromatic hydroxyl groups is 2. The Morgan fingerprint density at radius 1 is 1.21 bits per heavy atom. The lowest BCUT2D eigenvalue weighted by atomic mass is 9.89. The first kappa shape index (κ1) is 14.2. The normalized spacial score (nSPS) is 25.5. The molecule has 0 aliphatic heterocycles. The van der Waals surface area contributed by atoms with Crippen molar-refractivity contribution in [3.05, 3.63) is 23.8 Å². The van der Waals surface area contributed by atoms with Crippen LogP contribution in [0.5, 0.6) is 11.5 Å². The molecular formula is C15H24N2O2. The molecule has 0 saturated heterocycles.